The number of hydrogen-bond donors (Lipinski definition) is 2. The van der Waals surface area contributed by atoms with E-state index in [4.69, 9.17) is 9.84 Å². The van der Waals surface area contributed by atoms with Gasteiger partial charge in [0.25, 0.3) is 0 Å². The van der Waals surface area contributed by atoms with Crippen molar-refractivity contribution >= 4 is 5.97 Å². The molecule has 1 heterocycles. The summed E-state index contributed by atoms with van der Waals surface area (Å²) in [5, 5.41) is 19.0. The number of benzene rings is 1. The second-order valence-corrected chi connectivity index (χ2v) is 7.44. The Morgan fingerprint density at radius 2 is 2.00 bits per heavy atom. The van der Waals surface area contributed by atoms with Crippen LogP contribution in [-0.2, 0) is 16.0 Å². The number of likely N-dealkylation sites (tertiary alicyclic amines) is 1. The number of carboxylic acids is 1. The molecule has 146 valence electrons. The highest BCUT2D eigenvalue weighted by Gasteiger charge is 2.18. The minimum absolute atomic E-state index is 0.0856. The van der Waals surface area contributed by atoms with E-state index in [0.717, 1.165) is 31.5 Å². The molecule has 1 aliphatic heterocycles. The second kappa shape index (κ2) is 10.7. The number of nitrogens with zero attached hydrogens (tertiary/aromatic N) is 1. The van der Waals surface area contributed by atoms with Gasteiger partial charge in [0.1, 0.15) is 0 Å². The molecule has 0 radical (unpaired) electrons. The fourth-order valence-electron chi connectivity index (χ4n) is 3.57. The summed E-state index contributed by atoms with van der Waals surface area (Å²) in [4.78, 5) is 12.9. The molecule has 1 aromatic carbocycles. The monoisotopic (exact) mass is 363 g/mol. The number of carbonyl (C=O) groups is 1. The van der Waals surface area contributed by atoms with Crippen molar-refractivity contribution in [1.82, 2.24) is 4.90 Å². The van der Waals surface area contributed by atoms with Crippen LogP contribution in [0.15, 0.2) is 18.2 Å². The fraction of sp³-hybridized carbons (Fsp3) is 0.667. The Balaban J connectivity index is 1.86. The van der Waals surface area contributed by atoms with Crippen LogP contribution >= 0.6 is 0 Å². The summed E-state index contributed by atoms with van der Waals surface area (Å²) < 4.78 is 5.97. The Morgan fingerprint density at radius 1 is 1.27 bits per heavy atom. The number of aliphatic hydroxyl groups is 1. The zero-order valence-corrected chi connectivity index (χ0v) is 16.1. The Labute approximate surface area is 157 Å². The topological polar surface area (TPSA) is 70.0 Å². The van der Waals surface area contributed by atoms with E-state index in [9.17, 15) is 9.90 Å². The number of hydrogen-bond acceptors (Lipinski definition) is 4. The first-order valence-corrected chi connectivity index (χ1v) is 9.79. The van der Waals surface area contributed by atoms with E-state index in [2.05, 4.69) is 30.0 Å². The lowest BCUT2D eigenvalue weighted by Gasteiger charge is -2.23. The third kappa shape index (κ3) is 7.06. The number of ether oxygens (including phenoxy) is 1. The molecule has 0 spiro atoms. The molecule has 0 amide bonds. The van der Waals surface area contributed by atoms with Crippen molar-refractivity contribution in [3.05, 3.63) is 34.9 Å². The number of unbranched alkanes of at least 4 members (excludes halogenated alkanes) is 1. The Kier molecular flexibility index (Phi) is 8.55. The van der Waals surface area contributed by atoms with Crippen LogP contribution in [0, 0.1) is 6.92 Å². The highest BCUT2D eigenvalue weighted by Crippen LogP contribution is 2.24. The molecule has 1 aromatic rings. The van der Waals surface area contributed by atoms with Crippen LogP contribution in [0.2, 0.25) is 0 Å². The third-order valence-corrected chi connectivity index (χ3v) is 5.03. The van der Waals surface area contributed by atoms with Crippen LogP contribution in [0.1, 0.15) is 61.8 Å². The van der Waals surface area contributed by atoms with Crippen LogP contribution < -0.4 is 0 Å². The molecule has 1 saturated heterocycles. The van der Waals surface area contributed by atoms with Gasteiger partial charge in [-0.3, -0.25) is 4.79 Å². The summed E-state index contributed by atoms with van der Waals surface area (Å²) in [6, 6.07) is 6.35. The maximum Gasteiger partial charge on any atom is 0.303 e. The molecule has 1 aliphatic rings. The van der Waals surface area contributed by atoms with Crippen molar-refractivity contribution in [2.24, 2.45) is 0 Å². The van der Waals surface area contributed by atoms with Crippen molar-refractivity contribution in [1.29, 1.82) is 0 Å². The van der Waals surface area contributed by atoms with Crippen LogP contribution in [0.25, 0.3) is 0 Å². The molecule has 5 heteroatoms. The van der Waals surface area contributed by atoms with Gasteiger partial charge in [0.15, 0.2) is 0 Å². The van der Waals surface area contributed by atoms with Crippen molar-refractivity contribution in [2.75, 3.05) is 26.2 Å². The number of aliphatic hydroxyl groups excluding tert-OH is 1. The van der Waals surface area contributed by atoms with E-state index in [0.29, 0.717) is 19.6 Å². The Hall–Kier alpha value is -1.43. The average molecular weight is 363 g/mol. The molecule has 5 nitrogen and oxygen atoms in total. The Bertz CT molecular complexity index is 569. The van der Waals surface area contributed by atoms with E-state index < -0.39 is 12.1 Å². The molecular weight excluding hydrogens is 330 g/mol. The van der Waals surface area contributed by atoms with E-state index in [-0.39, 0.29) is 12.5 Å². The van der Waals surface area contributed by atoms with E-state index in [1.165, 1.54) is 24.0 Å². The van der Waals surface area contributed by atoms with Gasteiger partial charge in [0.05, 0.1) is 18.8 Å². The zero-order chi connectivity index (χ0) is 18.9. The molecule has 26 heavy (non-hydrogen) atoms. The van der Waals surface area contributed by atoms with Crippen molar-refractivity contribution in [2.45, 2.75) is 64.6 Å². The molecule has 2 rings (SSSR count). The standard InChI is InChI=1S/C21H33NO4/c1-16-9-10-18(7-3-4-8-21(24)25)20(13-16)17(2)26-15-19(23)14-22-11-5-6-12-22/h9-10,13,17,19,23H,3-8,11-12,14-15H2,1-2H3,(H,24,25). The minimum Gasteiger partial charge on any atom is -0.481 e. The summed E-state index contributed by atoms with van der Waals surface area (Å²) in [5.74, 6) is -0.738. The average Bonchev–Trinajstić information content (AvgIpc) is 3.10. The molecule has 2 N–H and O–H groups in total. The van der Waals surface area contributed by atoms with Crippen molar-refractivity contribution in [3.63, 3.8) is 0 Å². The highest BCUT2D eigenvalue weighted by molar-refractivity contribution is 5.66. The van der Waals surface area contributed by atoms with Gasteiger partial charge in [-0.1, -0.05) is 23.8 Å². The summed E-state index contributed by atoms with van der Waals surface area (Å²) in [5.41, 5.74) is 3.54. The molecule has 0 aromatic heterocycles. The van der Waals surface area contributed by atoms with E-state index >= 15 is 0 Å². The molecule has 0 aliphatic carbocycles. The maximum absolute atomic E-state index is 10.7. The van der Waals surface area contributed by atoms with Crippen LogP contribution in [0.4, 0.5) is 0 Å². The molecule has 0 bridgehead atoms. The Morgan fingerprint density at radius 3 is 2.69 bits per heavy atom. The van der Waals surface area contributed by atoms with Crippen LogP contribution in [0.3, 0.4) is 0 Å². The van der Waals surface area contributed by atoms with Gasteiger partial charge in [0, 0.05) is 13.0 Å². The van der Waals surface area contributed by atoms with Crippen molar-refractivity contribution in [3.8, 4) is 0 Å². The lowest BCUT2D eigenvalue weighted by Crippen LogP contribution is -2.33. The van der Waals surface area contributed by atoms with Gasteiger partial charge in [-0.05, 0) is 70.2 Å². The summed E-state index contributed by atoms with van der Waals surface area (Å²) in [6.45, 7) is 7.26. The number of rotatable bonds is 11. The number of carboxylic acid groups (broad SMARTS) is 1. The van der Waals surface area contributed by atoms with Gasteiger partial charge in [-0.25, -0.2) is 0 Å². The zero-order valence-electron chi connectivity index (χ0n) is 16.1. The lowest BCUT2D eigenvalue weighted by molar-refractivity contribution is -0.137. The fourth-order valence-corrected chi connectivity index (χ4v) is 3.57. The number of aliphatic carboxylic acids is 1. The SMILES string of the molecule is Cc1ccc(CCCCC(=O)O)c(C(C)OCC(O)CN2CCCC2)c1. The van der Waals surface area contributed by atoms with Gasteiger partial charge >= 0.3 is 5.97 Å². The maximum atomic E-state index is 10.7. The molecule has 1 fully saturated rings. The van der Waals surface area contributed by atoms with Gasteiger partial charge < -0.3 is 19.8 Å². The molecule has 0 saturated carbocycles. The van der Waals surface area contributed by atoms with Crippen LogP contribution in [-0.4, -0.2) is 53.4 Å². The van der Waals surface area contributed by atoms with Gasteiger partial charge in [-0.2, -0.15) is 0 Å². The first kappa shape index (κ1) is 20.9. The summed E-state index contributed by atoms with van der Waals surface area (Å²) in [7, 11) is 0. The third-order valence-electron chi connectivity index (χ3n) is 5.03. The van der Waals surface area contributed by atoms with Gasteiger partial charge in [-0.15, -0.1) is 0 Å². The summed E-state index contributed by atoms with van der Waals surface area (Å²) >= 11 is 0. The normalized spacial score (nSPS) is 17.3. The lowest BCUT2D eigenvalue weighted by atomic mass is 9.96. The largest absolute Gasteiger partial charge is 0.481 e. The van der Waals surface area contributed by atoms with E-state index in [1.807, 2.05) is 6.92 Å². The number of aryl methyl sites for hydroxylation is 2. The minimum atomic E-state index is -0.738. The van der Waals surface area contributed by atoms with Crippen LogP contribution in [0.5, 0.6) is 0 Å². The van der Waals surface area contributed by atoms with E-state index in [1.54, 1.807) is 0 Å². The number of β-amino-alcohol motifs (C(OH)–C–C–N with tert-alkyl or cyclic N) is 1. The second-order valence-electron chi connectivity index (χ2n) is 7.44. The highest BCUT2D eigenvalue weighted by atomic mass is 16.5. The quantitative estimate of drug-likeness (QED) is 0.590. The smallest absolute Gasteiger partial charge is 0.303 e. The molecule has 2 atom stereocenters. The predicted molar refractivity (Wildman–Crippen MR) is 102 cm³/mol. The predicted octanol–water partition coefficient (Wildman–Crippen LogP) is 3.33. The molecule has 2 unspecified atom stereocenters. The van der Waals surface area contributed by atoms with Crippen molar-refractivity contribution < 1.29 is 19.7 Å². The molecular formula is C21H33NO4. The first-order chi connectivity index (χ1) is 12.5. The van der Waals surface area contributed by atoms with Gasteiger partial charge in [0.2, 0.25) is 0 Å². The summed E-state index contributed by atoms with van der Waals surface area (Å²) in [6.07, 6.45) is 4.51. The first-order valence-electron chi connectivity index (χ1n) is 9.79.